The first kappa shape index (κ1) is 11.2. The average Bonchev–Trinajstić information content (AvgIpc) is 2.59. The van der Waals surface area contributed by atoms with Gasteiger partial charge in [-0.15, -0.1) is 0 Å². The number of nitrogens with zero attached hydrogens (tertiary/aromatic N) is 1. The van der Waals surface area contributed by atoms with Gasteiger partial charge in [0, 0.05) is 11.1 Å². The van der Waals surface area contributed by atoms with Crippen LogP contribution < -0.4 is 11.3 Å². The summed E-state index contributed by atoms with van der Waals surface area (Å²) in [4.78, 5) is 21.7. The van der Waals surface area contributed by atoms with Gasteiger partial charge in [-0.05, 0) is 12.1 Å². The number of aromatic nitrogens is 2. The molecular weight excluding hydrogens is 248 g/mol. The lowest BCUT2D eigenvalue weighted by molar-refractivity contribution is -0.384. The van der Waals surface area contributed by atoms with Crippen LogP contribution >= 0.6 is 11.6 Å². The van der Waals surface area contributed by atoms with E-state index in [0.717, 1.165) is 0 Å². The van der Waals surface area contributed by atoms with Crippen LogP contribution in [0.5, 0.6) is 0 Å². The highest BCUT2D eigenvalue weighted by Gasteiger charge is 2.21. The summed E-state index contributed by atoms with van der Waals surface area (Å²) >= 11 is 5.67. The summed E-state index contributed by atoms with van der Waals surface area (Å²) in [5.74, 6) is 0.0421. The van der Waals surface area contributed by atoms with Gasteiger partial charge in [0.05, 0.1) is 16.1 Å². The summed E-state index contributed by atoms with van der Waals surface area (Å²) < 4.78 is 0. The number of nitrogens with one attached hydrogen (secondary N) is 2. The molecule has 7 nitrogen and oxygen atoms in total. The van der Waals surface area contributed by atoms with Crippen molar-refractivity contribution in [2.45, 2.75) is 0 Å². The average molecular weight is 255 g/mol. The van der Waals surface area contributed by atoms with Crippen molar-refractivity contribution in [1.82, 2.24) is 10.2 Å². The van der Waals surface area contributed by atoms with E-state index in [1.54, 1.807) is 0 Å². The lowest BCUT2D eigenvalue weighted by atomic mass is 10.1. The van der Waals surface area contributed by atoms with Crippen molar-refractivity contribution in [3.63, 3.8) is 0 Å². The molecule has 1 aromatic carbocycles. The van der Waals surface area contributed by atoms with Crippen LogP contribution in [0.2, 0.25) is 5.02 Å². The van der Waals surface area contributed by atoms with E-state index in [4.69, 9.17) is 17.3 Å². The number of anilines is 1. The molecule has 0 spiro atoms. The first-order chi connectivity index (χ1) is 8.00. The Balaban J connectivity index is 2.76. The van der Waals surface area contributed by atoms with Crippen LogP contribution in [0.1, 0.15) is 0 Å². The van der Waals surface area contributed by atoms with Gasteiger partial charge in [0.25, 0.3) is 11.2 Å². The third kappa shape index (κ3) is 1.87. The molecule has 0 saturated heterocycles. The number of nitro groups is 1. The van der Waals surface area contributed by atoms with Crippen LogP contribution in [-0.2, 0) is 0 Å². The smallest absolute Gasteiger partial charge is 0.279 e. The normalized spacial score (nSPS) is 10.4. The van der Waals surface area contributed by atoms with E-state index in [9.17, 15) is 14.9 Å². The van der Waals surface area contributed by atoms with Gasteiger partial charge in [-0.3, -0.25) is 25.1 Å². The Morgan fingerprint density at radius 3 is 2.59 bits per heavy atom. The Bertz CT molecular complexity index is 646. The second-order valence-corrected chi connectivity index (χ2v) is 3.72. The number of nitrogens with two attached hydrogens (primary N) is 1. The summed E-state index contributed by atoms with van der Waals surface area (Å²) in [6.45, 7) is 0. The molecule has 4 N–H and O–H groups in total. The number of hydrogen-bond acceptors (Lipinski definition) is 4. The number of nitro benzene ring substituents is 1. The maximum atomic E-state index is 11.5. The maximum absolute atomic E-state index is 11.5. The molecule has 0 atom stereocenters. The molecule has 0 saturated carbocycles. The van der Waals surface area contributed by atoms with Crippen LogP contribution in [0.25, 0.3) is 11.1 Å². The minimum atomic E-state index is -0.618. The number of halogens is 1. The van der Waals surface area contributed by atoms with Crippen molar-refractivity contribution in [3.05, 3.63) is 43.7 Å². The predicted octanol–water partition coefficient (Wildman–Crippen LogP) is 1.51. The third-order valence-corrected chi connectivity index (χ3v) is 2.47. The van der Waals surface area contributed by atoms with E-state index >= 15 is 0 Å². The Labute approximate surface area is 99.3 Å². The number of hydrogen-bond donors (Lipinski definition) is 3. The molecule has 2 aromatic rings. The first-order valence-corrected chi connectivity index (χ1v) is 4.89. The minimum absolute atomic E-state index is 0.0355. The van der Waals surface area contributed by atoms with Crippen LogP contribution in [0.4, 0.5) is 11.5 Å². The molecule has 0 amide bonds. The van der Waals surface area contributed by atoms with Gasteiger partial charge in [-0.1, -0.05) is 11.6 Å². The molecule has 88 valence electrons. The van der Waals surface area contributed by atoms with Gasteiger partial charge in [-0.25, -0.2) is 0 Å². The van der Waals surface area contributed by atoms with Crippen molar-refractivity contribution in [2.75, 3.05) is 5.73 Å². The molecular formula is C9H7ClN4O3. The van der Waals surface area contributed by atoms with Crippen molar-refractivity contribution in [2.24, 2.45) is 0 Å². The molecule has 1 heterocycles. The van der Waals surface area contributed by atoms with Gasteiger partial charge in [0.2, 0.25) is 0 Å². The molecule has 2 rings (SSSR count). The maximum Gasteiger partial charge on any atom is 0.279 e. The minimum Gasteiger partial charge on any atom is -0.383 e. The Morgan fingerprint density at radius 1 is 1.35 bits per heavy atom. The van der Waals surface area contributed by atoms with E-state index in [0.29, 0.717) is 0 Å². The zero-order chi connectivity index (χ0) is 12.6. The molecule has 1 aromatic heterocycles. The summed E-state index contributed by atoms with van der Waals surface area (Å²) in [7, 11) is 0. The lowest BCUT2D eigenvalue weighted by Crippen LogP contribution is -2.04. The second kappa shape index (κ2) is 3.95. The van der Waals surface area contributed by atoms with Crippen LogP contribution in [-0.4, -0.2) is 15.1 Å². The molecule has 0 bridgehead atoms. The van der Waals surface area contributed by atoms with E-state index in [2.05, 4.69) is 10.2 Å². The van der Waals surface area contributed by atoms with E-state index in [1.807, 2.05) is 0 Å². The van der Waals surface area contributed by atoms with E-state index in [-0.39, 0.29) is 27.7 Å². The molecule has 0 aliphatic heterocycles. The molecule has 0 aliphatic carbocycles. The summed E-state index contributed by atoms with van der Waals surface area (Å²) in [5.41, 5.74) is 4.91. The fourth-order valence-corrected chi connectivity index (χ4v) is 1.67. The topological polar surface area (TPSA) is 118 Å². The Kier molecular flexibility index (Phi) is 2.60. The molecule has 17 heavy (non-hydrogen) atoms. The first-order valence-electron chi connectivity index (χ1n) is 4.51. The lowest BCUT2D eigenvalue weighted by Gasteiger charge is -2.01. The van der Waals surface area contributed by atoms with Crippen molar-refractivity contribution in [1.29, 1.82) is 0 Å². The third-order valence-electron chi connectivity index (χ3n) is 2.23. The van der Waals surface area contributed by atoms with Gasteiger partial charge in [0.1, 0.15) is 5.82 Å². The second-order valence-electron chi connectivity index (χ2n) is 3.29. The number of aromatic amines is 2. The Hall–Kier alpha value is -2.28. The quantitative estimate of drug-likeness (QED) is 0.556. The van der Waals surface area contributed by atoms with Crippen LogP contribution in [0.15, 0.2) is 23.0 Å². The van der Waals surface area contributed by atoms with Crippen molar-refractivity contribution in [3.8, 4) is 11.1 Å². The highest BCUT2D eigenvalue weighted by Crippen LogP contribution is 2.32. The zero-order valence-electron chi connectivity index (χ0n) is 8.36. The largest absolute Gasteiger partial charge is 0.383 e. The predicted molar refractivity (Wildman–Crippen MR) is 62.9 cm³/mol. The van der Waals surface area contributed by atoms with Crippen molar-refractivity contribution < 1.29 is 4.92 Å². The summed E-state index contributed by atoms with van der Waals surface area (Å²) in [6.07, 6.45) is 0. The fourth-order valence-electron chi connectivity index (χ4n) is 1.51. The molecule has 0 aliphatic rings. The number of benzene rings is 1. The summed E-state index contributed by atoms with van der Waals surface area (Å²) in [6, 6.07) is 4.01. The highest BCUT2D eigenvalue weighted by molar-refractivity contribution is 6.31. The SMILES string of the molecule is Nc1[nH][nH]c(=O)c1-c1ccc(Cl)cc1[N+](=O)[O-]. The molecule has 8 heteroatoms. The van der Waals surface area contributed by atoms with E-state index in [1.165, 1.54) is 18.2 Å². The number of H-pyrrole nitrogens is 2. The number of nitrogen functional groups attached to an aromatic ring is 1. The van der Waals surface area contributed by atoms with Gasteiger partial charge < -0.3 is 5.73 Å². The van der Waals surface area contributed by atoms with Crippen LogP contribution in [0, 0.1) is 10.1 Å². The molecule has 0 fully saturated rings. The standard InChI is InChI=1S/C9H7ClN4O3/c10-4-1-2-5(6(3-4)14(16)17)7-8(11)12-13-9(7)15/h1-3H,(H4,11,12,13,15). The number of rotatable bonds is 2. The van der Waals surface area contributed by atoms with Gasteiger partial charge in [0.15, 0.2) is 0 Å². The molecule has 0 unspecified atom stereocenters. The monoisotopic (exact) mass is 254 g/mol. The van der Waals surface area contributed by atoms with Crippen molar-refractivity contribution >= 4 is 23.1 Å². The molecule has 0 radical (unpaired) electrons. The van der Waals surface area contributed by atoms with E-state index < -0.39 is 10.5 Å². The highest BCUT2D eigenvalue weighted by atomic mass is 35.5. The summed E-state index contributed by atoms with van der Waals surface area (Å²) in [5, 5.41) is 15.7. The zero-order valence-corrected chi connectivity index (χ0v) is 9.12. The van der Waals surface area contributed by atoms with Crippen LogP contribution in [0.3, 0.4) is 0 Å². The van der Waals surface area contributed by atoms with Gasteiger partial charge >= 0.3 is 0 Å². The Morgan fingerprint density at radius 2 is 2.06 bits per heavy atom. The van der Waals surface area contributed by atoms with Gasteiger partial charge in [-0.2, -0.15) is 0 Å². The fraction of sp³-hybridized carbons (Fsp3) is 0.